The van der Waals surface area contributed by atoms with E-state index in [0.29, 0.717) is 25.4 Å². The molecule has 4 nitrogen and oxygen atoms in total. The Morgan fingerprint density at radius 3 is 1.63 bits per heavy atom. The highest BCUT2D eigenvalue weighted by Gasteiger charge is 2.03. The molecule has 0 spiro atoms. The molecule has 0 aliphatic rings. The first-order valence-corrected chi connectivity index (χ1v) is 11.3. The van der Waals surface area contributed by atoms with Crippen molar-refractivity contribution in [2.24, 2.45) is 5.92 Å². The third kappa shape index (κ3) is 29.9. The molecule has 27 heavy (non-hydrogen) atoms. The van der Waals surface area contributed by atoms with Gasteiger partial charge in [-0.1, -0.05) is 91.9 Å². The molecule has 0 saturated carbocycles. The van der Waals surface area contributed by atoms with Gasteiger partial charge in [-0.3, -0.25) is 9.59 Å². The second kappa shape index (κ2) is 23.0. The lowest BCUT2D eigenvalue weighted by atomic mass is 10.1. The Bertz CT molecular complexity index is 326. The van der Waals surface area contributed by atoms with Crippen molar-refractivity contribution < 1.29 is 19.4 Å². The van der Waals surface area contributed by atoms with Gasteiger partial charge in [0.2, 0.25) is 0 Å². The van der Waals surface area contributed by atoms with Gasteiger partial charge in [-0.2, -0.15) is 0 Å². The molecule has 0 radical (unpaired) electrons. The quantitative estimate of drug-likeness (QED) is 0.213. The van der Waals surface area contributed by atoms with Crippen molar-refractivity contribution >= 4 is 11.9 Å². The summed E-state index contributed by atoms with van der Waals surface area (Å²) in [5.74, 6) is -0.0712. The van der Waals surface area contributed by atoms with Crippen molar-refractivity contribution in [1.29, 1.82) is 0 Å². The van der Waals surface area contributed by atoms with Crippen LogP contribution < -0.4 is 0 Å². The van der Waals surface area contributed by atoms with Crippen molar-refractivity contribution in [1.82, 2.24) is 0 Å². The average molecular weight is 387 g/mol. The van der Waals surface area contributed by atoms with Gasteiger partial charge < -0.3 is 9.84 Å². The van der Waals surface area contributed by atoms with Crippen LogP contribution in [0.2, 0.25) is 0 Å². The molecule has 0 aliphatic heterocycles. The number of carboxylic acids is 1. The third-order valence-corrected chi connectivity index (χ3v) is 4.44. The van der Waals surface area contributed by atoms with Crippen LogP contribution in [-0.4, -0.2) is 23.7 Å². The lowest BCUT2D eigenvalue weighted by Gasteiger charge is -2.06. The third-order valence-electron chi connectivity index (χ3n) is 4.44. The Kier molecular flexibility index (Phi) is 24.0. The van der Waals surface area contributed by atoms with Crippen molar-refractivity contribution in [2.75, 3.05) is 6.61 Å². The number of carboxylic acid groups (broad SMARTS) is 1. The van der Waals surface area contributed by atoms with Crippen LogP contribution >= 0.6 is 0 Å². The van der Waals surface area contributed by atoms with Crippen molar-refractivity contribution in [3.8, 4) is 0 Å². The van der Waals surface area contributed by atoms with E-state index in [2.05, 4.69) is 27.7 Å². The topological polar surface area (TPSA) is 63.6 Å². The van der Waals surface area contributed by atoms with Crippen LogP contribution in [0.5, 0.6) is 0 Å². The molecule has 0 unspecified atom stereocenters. The monoisotopic (exact) mass is 386 g/mol. The summed E-state index contributed by atoms with van der Waals surface area (Å²) in [6, 6.07) is 0. The molecule has 0 aromatic heterocycles. The van der Waals surface area contributed by atoms with Gasteiger partial charge in [0, 0.05) is 12.8 Å². The molecule has 1 N–H and O–H groups in total. The Balaban J connectivity index is 0. The fourth-order valence-electron chi connectivity index (χ4n) is 2.59. The molecule has 162 valence electrons. The molecule has 0 amide bonds. The van der Waals surface area contributed by atoms with E-state index < -0.39 is 5.97 Å². The van der Waals surface area contributed by atoms with Gasteiger partial charge in [-0.15, -0.1) is 0 Å². The van der Waals surface area contributed by atoms with E-state index >= 15 is 0 Å². The molecule has 0 bridgehead atoms. The van der Waals surface area contributed by atoms with Crippen LogP contribution in [0.15, 0.2) is 0 Å². The molecule has 0 aliphatic carbocycles. The smallest absolute Gasteiger partial charge is 0.305 e. The number of carbonyl (C=O) groups is 2. The molecule has 0 fully saturated rings. The number of rotatable bonds is 17. The van der Waals surface area contributed by atoms with Gasteiger partial charge in [-0.25, -0.2) is 0 Å². The van der Waals surface area contributed by atoms with Crippen LogP contribution in [0.4, 0.5) is 0 Å². The predicted molar refractivity (Wildman–Crippen MR) is 114 cm³/mol. The van der Waals surface area contributed by atoms with Crippen molar-refractivity contribution in [2.45, 2.75) is 124 Å². The summed E-state index contributed by atoms with van der Waals surface area (Å²) in [6.07, 6.45) is 16.1. The van der Waals surface area contributed by atoms with Gasteiger partial charge in [0.1, 0.15) is 0 Å². The number of hydrogen-bond donors (Lipinski definition) is 1. The molecule has 0 atom stereocenters. The summed E-state index contributed by atoms with van der Waals surface area (Å²) in [7, 11) is 0. The molecule has 0 saturated heterocycles. The van der Waals surface area contributed by atoms with Crippen LogP contribution in [-0.2, 0) is 14.3 Å². The van der Waals surface area contributed by atoms with Gasteiger partial charge in [0.25, 0.3) is 0 Å². The maximum atomic E-state index is 11.2. The number of ether oxygens (including phenoxy) is 1. The van der Waals surface area contributed by atoms with Crippen LogP contribution in [0, 0.1) is 5.92 Å². The van der Waals surface area contributed by atoms with Gasteiger partial charge in [0.15, 0.2) is 0 Å². The van der Waals surface area contributed by atoms with Crippen LogP contribution in [0.25, 0.3) is 0 Å². The first kappa shape index (κ1) is 28.2. The van der Waals surface area contributed by atoms with Gasteiger partial charge in [0.05, 0.1) is 6.61 Å². The SMILES string of the molecule is CCCCCCCC(=O)OCCC(C)C.CCCCCCCCCC(=O)O. The van der Waals surface area contributed by atoms with Gasteiger partial charge >= 0.3 is 11.9 Å². The van der Waals surface area contributed by atoms with E-state index in [1.807, 2.05) is 0 Å². The summed E-state index contributed by atoms with van der Waals surface area (Å²) in [6.45, 7) is 9.26. The summed E-state index contributed by atoms with van der Waals surface area (Å²) < 4.78 is 5.12. The van der Waals surface area contributed by atoms with Crippen molar-refractivity contribution in [3.63, 3.8) is 0 Å². The molecule has 0 heterocycles. The minimum absolute atomic E-state index is 0.0212. The normalized spacial score (nSPS) is 10.4. The summed E-state index contributed by atoms with van der Waals surface area (Å²) in [4.78, 5) is 21.4. The number of unbranched alkanes of at least 4 members (excludes halogenated alkanes) is 10. The fourth-order valence-corrected chi connectivity index (χ4v) is 2.59. The van der Waals surface area contributed by atoms with E-state index in [1.54, 1.807) is 0 Å². The van der Waals surface area contributed by atoms with Gasteiger partial charge in [-0.05, 0) is 25.2 Å². The highest BCUT2D eigenvalue weighted by atomic mass is 16.5. The zero-order chi connectivity index (χ0) is 20.8. The van der Waals surface area contributed by atoms with E-state index in [9.17, 15) is 9.59 Å². The minimum atomic E-state index is -0.663. The predicted octanol–water partition coefficient (Wildman–Crippen LogP) is 7.15. The highest BCUT2D eigenvalue weighted by molar-refractivity contribution is 5.69. The van der Waals surface area contributed by atoms with Crippen LogP contribution in [0.3, 0.4) is 0 Å². The summed E-state index contributed by atoms with van der Waals surface area (Å²) >= 11 is 0. The number of hydrogen-bond acceptors (Lipinski definition) is 3. The number of carbonyl (C=O) groups excluding carboxylic acids is 1. The highest BCUT2D eigenvalue weighted by Crippen LogP contribution is 2.08. The molecule has 4 heteroatoms. The largest absolute Gasteiger partial charge is 0.481 e. The molecular formula is C23H46O4. The van der Waals surface area contributed by atoms with E-state index in [4.69, 9.17) is 9.84 Å². The lowest BCUT2D eigenvalue weighted by Crippen LogP contribution is -2.07. The minimum Gasteiger partial charge on any atom is -0.481 e. The second-order valence-electron chi connectivity index (χ2n) is 7.83. The Labute approximate surface area is 168 Å². The average Bonchev–Trinajstić information content (AvgIpc) is 2.61. The number of esters is 1. The molecular weight excluding hydrogens is 340 g/mol. The molecule has 0 rings (SSSR count). The zero-order valence-corrected chi connectivity index (χ0v) is 18.6. The Morgan fingerprint density at radius 1 is 0.741 bits per heavy atom. The molecule has 0 aromatic carbocycles. The van der Waals surface area contributed by atoms with Crippen LogP contribution in [0.1, 0.15) is 124 Å². The maximum absolute atomic E-state index is 11.2. The van der Waals surface area contributed by atoms with E-state index in [1.165, 1.54) is 51.4 Å². The second-order valence-corrected chi connectivity index (χ2v) is 7.83. The lowest BCUT2D eigenvalue weighted by molar-refractivity contribution is -0.144. The summed E-state index contributed by atoms with van der Waals surface area (Å²) in [5.41, 5.74) is 0. The summed E-state index contributed by atoms with van der Waals surface area (Å²) in [5, 5.41) is 8.35. The van der Waals surface area contributed by atoms with E-state index in [0.717, 1.165) is 32.1 Å². The molecule has 0 aromatic rings. The maximum Gasteiger partial charge on any atom is 0.305 e. The fraction of sp³-hybridized carbons (Fsp3) is 0.913. The number of aliphatic carboxylic acids is 1. The standard InChI is InChI=1S/C13H26O2.C10H20O2/c1-4-5-6-7-8-9-13(14)15-11-10-12(2)3;1-2-3-4-5-6-7-8-9-10(11)12/h12H,4-11H2,1-3H3;2-9H2,1H3,(H,11,12). The Hall–Kier alpha value is -1.06. The first-order chi connectivity index (χ1) is 12.9. The first-order valence-electron chi connectivity index (χ1n) is 11.3. The van der Waals surface area contributed by atoms with Crippen molar-refractivity contribution in [3.05, 3.63) is 0 Å². The Morgan fingerprint density at radius 2 is 1.19 bits per heavy atom. The van der Waals surface area contributed by atoms with E-state index in [-0.39, 0.29) is 5.97 Å². The zero-order valence-electron chi connectivity index (χ0n) is 18.6.